The van der Waals surface area contributed by atoms with E-state index in [-0.39, 0.29) is 6.71 Å². The Morgan fingerprint density at radius 3 is 1.74 bits per heavy atom. The predicted octanol–water partition coefficient (Wildman–Crippen LogP) is 8.92. The molecule has 0 aliphatic carbocycles. The van der Waals surface area contributed by atoms with E-state index in [0.717, 1.165) is 5.69 Å². The number of anilines is 6. The monoisotopic (exact) mass is 583 g/mol. The second-order valence-corrected chi connectivity index (χ2v) is 12.5. The number of aromatic nitrogens is 1. The fourth-order valence-electron chi connectivity index (χ4n) is 8.57. The van der Waals surface area contributed by atoms with E-state index in [1.54, 1.807) is 0 Å². The van der Waals surface area contributed by atoms with Crippen LogP contribution in [-0.4, -0.2) is 11.1 Å². The lowest BCUT2D eigenvalue weighted by atomic mass is 9.33. The van der Waals surface area contributed by atoms with Gasteiger partial charge < -0.3 is 14.2 Å². The van der Waals surface area contributed by atoms with Gasteiger partial charge in [0, 0.05) is 50.0 Å². The van der Waals surface area contributed by atoms with Crippen LogP contribution in [0.25, 0.3) is 38.1 Å². The Morgan fingerprint density at radius 2 is 0.935 bits per heavy atom. The minimum atomic E-state index is 0.0867. The standard InChI is InChI=1S/C42H26BN3/c1-3-13-27(14-4-1)44-36-22-10-8-20-33(36)43-34-26-25-32-31-19-11-18-30-29-17-7-9-21-35(29)46(40(30)31)41(32)42(34)45(28-15-5-2-6-16-28)38-24-12-23-37(44)39(38)43/h1-26H. The molecule has 0 saturated heterocycles. The second-order valence-electron chi connectivity index (χ2n) is 12.5. The SMILES string of the molecule is c1ccc(N2c3ccccc3B3c4ccc5c6cccc7c8ccccc8n(c5c4N(c4ccccc4)c4cccc2c43)c76)cc1. The first-order valence-corrected chi connectivity index (χ1v) is 16.0. The maximum absolute atomic E-state index is 2.55. The molecule has 4 heterocycles. The Balaban J connectivity index is 1.34. The van der Waals surface area contributed by atoms with Gasteiger partial charge >= 0.3 is 0 Å². The molecular formula is C42H26BN3. The molecule has 0 amide bonds. The van der Waals surface area contributed by atoms with Crippen molar-refractivity contribution < 1.29 is 0 Å². The highest BCUT2D eigenvalue weighted by Crippen LogP contribution is 2.48. The van der Waals surface area contributed by atoms with Crippen LogP contribution in [0.3, 0.4) is 0 Å². The van der Waals surface area contributed by atoms with Crippen molar-refractivity contribution in [3.63, 3.8) is 0 Å². The summed E-state index contributed by atoms with van der Waals surface area (Å²) >= 11 is 0. The molecular weight excluding hydrogens is 557 g/mol. The smallest absolute Gasteiger partial charge is 0.252 e. The maximum atomic E-state index is 2.55. The average molecular weight is 584 g/mol. The minimum absolute atomic E-state index is 0.0867. The molecule has 0 atom stereocenters. The molecule has 2 aliphatic heterocycles. The summed E-state index contributed by atoms with van der Waals surface area (Å²) in [6.45, 7) is 0.0867. The largest absolute Gasteiger partial charge is 0.311 e. The molecule has 0 N–H and O–H groups in total. The molecule has 0 unspecified atom stereocenters. The van der Waals surface area contributed by atoms with Gasteiger partial charge in [-0.25, -0.2) is 0 Å². The first-order chi connectivity index (χ1) is 22.9. The van der Waals surface area contributed by atoms with Gasteiger partial charge in [-0.3, -0.25) is 0 Å². The Labute approximate surface area is 266 Å². The van der Waals surface area contributed by atoms with Crippen LogP contribution in [0.4, 0.5) is 34.1 Å². The zero-order valence-electron chi connectivity index (χ0n) is 24.9. The van der Waals surface area contributed by atoms with E-state index in [1.807, 2.05) is 0 Å². The number of benzene rings is 7. The molecule has 0 fully saturated rings. The number of hydrogen-bond acceptors (Lipinski definition) is 2. The van der Waals surface area contributed by atoms with Gasteiger partial charge in [0.15, 0.2) is 0 Å². The fraction of sp³-hybridized carbons (Fsp3) is 0. The van der Waals surface area contributed by atoms with Crippen molar-refractivity contribution in [3.05, 3.63) is 158 Å². The van der Waals surface area contributed by atoms with Crippen LogP contribution in [-0.2, 0) is 0 Å². The molecule has 7 aromatic carbocycles. The molecule has 0 radical (unpaired) electrons. The Morgan fingerprint density at radius 1 is 0.370 bits per heavy atom. The summed E-state index contributed by atoms with van der Waals surface area (Å²) in [6.07, 6.45) is 0. The fourth-order valence-corrected chi connectivity index (χ4v) is 8.57. The van der Waals surface area contributed by atoms with Crippen LogP contribution in [0, 0.1) is 0 Å². The molecule has 9 aromatic rings. The van der Waals surface area contributed by atoms with Gasteiger partial charge in [0.25, 0.3) is 6.71 Å². The van der Waals surface area contributed by atoms with Gasteiger partial charge in [-0.15, -0.1) is 0 Å². The first kappa shape index (κ1) is 24.3. The Bertz CT molecular complexity index is 2660. The number of nitrogens with zero attached hydrogens (tertiary/aromatic N) is 3. The van der Waals surface area contributed by atoms with Crippen LogP contribution in [0.2, 0.25) is 0 Å². The molecule has 212 valence electrons. The van der Waals surface area contributed by atoms with E-state index in [1.165, 1.54) is 82.9 Å². The van der Waals surface area contributed by atoms with Crippen LogP contribution in [0.15, 0.2) is 158 Å². The lowest BCUT2D eigenvalue weighted by Crippen LogP contribution is -2.61. The van der Waals surface area contributed by atoms with Crippen molar-refractivity contribution in [1.82, 2.24) is 4.40 Å². The molecule has 11 rings (SSSR count). The summed E-state index contributed by atoms with van der Waals surface area (Å²) in [5.74, 6) is 0. The average Bonchev–Trinajstić information content (AvgIpc) is 3.65. The highest BCUT2D eigenvalue weighted by Gasteiger charge is 2.44. The van der Waals surface area contributed by atoms with E-state index >= 15 is 0 Å². The topological polar surface area (TPSA) is 10.9 Å². The molecule has 0 saturated carbocycles. The maximum Gasteiger partial charge on any atom is 0.252 e. The summed E-state index contributed by atoms with van der Waals surface area (Å²) < 4.78 is 2.55. The van der Waals surface area contributed by atoms with Crippen LogP contribution >= 0.6 is 0 Å². The van der Waals surface area contributed by atoms with E-state index in [9.17, 15) is 0 Å². The highest BCUT2D eigenvalue weighted by molar-refractivity contribution is 7.00. The molecule has 2 aliphatic rings. The lowest BCUT2D eigenvalue weighted by Gasteiger charge is -2.44. The van der Waals surface area contributed by atoms with Gasteiger partial charge in [0.05, 0.1) is 22.2 Å². The van der Waals surface area contributed by atoms with Crippen LogP contribution in [0.5, 0.6) is 0 Å². The minimum Gasteiger partial charge on any atom is -0.311 e. The van der Waals surface area contributed by atoms with E-state index < -0.39 is 0 Å². The van der Waals surface area contributed by atoms with E-state index in [2.05, 4.69) is 172 Å². The summed E-state index contributed by atoms with van der Waals surface area (Å²) in [5.41, 5.74) is 15.1. The predicted molar refractivity (Wildman–Crippen MR) is 195 cm³/mol. The third kappa shape index (κ3) is 2.94. The molecule has 46 heavy (non-hydrogen) atoms. The van der Waals surface area contributed by atoms with Crippen molar-refractivity contribution >= 4 is 95.3 Å². The summed E-state index contributed by atoms with van der Waals surface area (Å²) in [6, 6.07) is 58.0. The third-order valence-corrected chi connectivity index (χ3v) is 10.3. The van der Waals surface area contributed by atoms with Gasteiger partial charge in [0.1, 0.15) is 0 Å². The zero-order valence-corrected chi connectivity index (χ0v) is 24.9. The van der Waals surface area contributed by atoms with Crippen LogP contribution in [0.1, 0.15) is 0 Å². The van der Waals surface area contributed by atoms with Gasteiger partial charge in [0.2, 0.25) is 0 Å². The van der Waals surface area contributed by atoms with E-state index in [4.69, 9.17) is 0 Å². The summed E-state index contributed by atoms with van der Waals surface area (Å²) in [7, 11) is 0. The van der Waals surface area contributed by atoms with Crippen molar-refractivity contribution in [2.75, 3.05) is 9.80 Å². The summed E-state index contributed by atoms with van der Waals surface area (Å²) in [5, 5.41) is 5.21. The molecule has 0 bridgehead atoms. The molecule has 0 spiro atoms. The third-order valence-electron chi connectivity index (χ3n) is 10.3. The molecule has 3 nitrogen and oxygen atoms in total. The quantitative estimate of drug-likeness (QED) is 0.188. The van der Waals surface area contributed by atoms with Crippen molar-refractivity contribution in [2.24, 2.45) is 0 Å². The number of para-hydroxylation sites is 5. The lowest BCUT2D eigenvalue weighted by molar-refractivity contribution is 1.25. The van der Waals surface area contributed by atoms with Gasteiger partial charge in [-0.2, -0.15) is 0 Å². The van der Waals surface area contributed by atoms with Gasteiger partial charge in [-0.1, -0.05) is 109 Å². The number of rotatable bonds is 2. The van der Waals surface area contributed by atoms with Crippen LogP contribution < -0.4 is 26.2 Å². The van der Waals surface area contributed by atoms with Crippen molar-refractivity contribution in [2.45, 2.75) is 0 Å². The second kappa shape index (κ2) is 8.80. The summed E-state index contributed by atoms with van der Waals surface area (Å²) in [4.78, 5) is 4.98. The molecule has 4 heteroatoms. The van der Waals surface area contributed by atoms with Crippen molar-refractivity contribution in [1.29, 1.82) is 0 Å². The first-order valence-electron chi connectivity index (χ1n) is 16.0. The number of hydrogen-bond donors (Lipinski definition) is 0. The van der Waals surface area contributed by atoms with Crippen molar-refractivity contribution in [3.8, 4) is 0 Å². The van der Waals surface area contributed by atoms with Gasteiger partial charge in [-0.05, 0) is 64.9 Å². The Hall–Kier alpha value is -6.00. The molecule has 2 aromatic heterocycles. The number of fused-ring (bicyclic) bond motifs is 11. The normalized spacial score (nSPS) is 13.5. The zero-order chi connectivity index (χ0) is 29.9. The van der Waals surface area contributed by atoms with E-state index in [0.29, 0.717) is 0 Å². The highest BCUT2D eigenvalue weighted by atomic mass is 15.2. The Kier molecular flexibility index (Phi) is 4.66.